The first-order chi connectivity index (χ1) is 6.86. The Morgan fingerprint density at radius 1 is 1.27 bits per heavy atom. The van der Waals surface area contributed by atoms with Crippen molar-refractivity contribution < 1.29 is 17.5 Å². The Labute approximate surface area is 95.0 Å². The van der Waals surface area contributed by atoms with E-state index in [0.717, 1.165) is 9.47 Å². The van der Waals surface area contributed by atoms with Gasteiger partial charge >= 0.3 is 10.4 Å². The maximum absolute atomic E-state index is 8.74. The second-order valence-corrected chi connectivity index (χ2v) is 5.07. The lowest BCUT2D eigenvalue weighted by Crippen LogP contribution is -1.89. The first-order valence-corrected chi connectivity index (χ1v) is 6.26. The molecular formula is C7H7NO4S3. The van der Waals surface area contributed by atoms with Gasteiger partial charge in [0.2, 0.25) is 0 Å². The molecule has 1 aromatic carbocycles. The minimum atomic E-state index is -4.67. The SMILES string of the molecule is O=S(=O)(O)O.S=c1[nH]c2ccccc2s1. The molecule has 0 fully saturated rings. The fourth-order valence-corrected chi connectivity index (χ4v) is 2.01. The molecule has 1 aromatic heterocycles. The Morgan fingerprint density at radius 2 is 1.80 bits per heavy atom. The minimum Gasteiger partial charge on any atom is -0.337 e. The van der Waals surface area contributed by atoms with Gasteiger partial charge in [-0.2, -0.15) is 8.42 Å². The number of nitrogens with one attached hydrogen (secondary N) is 1. The van der Waals surface area contributed by atoms with Gasteiger partial charge < -0.3 is 4.98 Å². The molecule has 0 radical (unpaired) electrons. The number of fused-ring (bicyclic) bond motifs is 1. The van der Waals surface area contributed by atoms with E-state index in [1.54, 1.807) is 11.3 Å². The van der Waals surface area contributed by atoms with E-state index in [4.69, 9.17) is 29.7 Å². The lowest BCUT2D eigenvalue weighted by Gasteiger charge is -1.81. The first kappa shape index (κ1) is 12.3. The van der Waals surface area contributed by atoms with Crippen molar-refractivity contribution in [3.8, 4) is 0 Å². The number of aromatic nitrogens is 1. The van der Waals surface area contributed by atoms with E-state index in [0.29, 0.717) is 0 Å². The highest BCUT2D eigenvalue weighted by atomic mass is 32.3. The molecule has 0 atom stereocenters. The van der Waals surface area contributed by atoms with Gasteiger partial charge in [0.25, 0.3) is 0 Å². The van der Waals surface area contributed by atoms with Crippen LogP contribution in [0, 0.1) is 3.95 Å². The summed E-state index contributed by atoms with van der Waals surface area (Å²) in [6, 6.07) is 8.11. The molecule has 0 saturated carbocycles. The number of hydrogen-bond acceptors (Lipinski definition) is 4. The lowest BCUT2D eigenvalue weighted by molar-refractivity contribution is 0.381. The van der Waals surface area contributed by atoms with Crippen LogP contribution in [0.2, 0.25) is 0 Å². The van der Waals surface area contributed by atoms with Crippen LogP contribution >= 0.6 is 23.6 Å². The van der Waals surface area contributed by atoms with Crippen LogP contribution in [0.4, 0.5) is 0 Å². The molecule has 1 heterocycles. The number of benzene rings is 1. The third-order valence-electron chi connectivity index (χ3n) is 1.33. The van der Waals surface area contributed by atoms with Gasteiger partial charge in [-0.25, -0.2) is 0 Å². The van der Waals surface area contributed by atoms with Crippen LogP contribution in [0.1, 0.15) is 0 Å². The van der Waals surface area contributed by atoms with Crippen molar-refractivity contribution in [1.82, 2.24) is 4.98 Å². The number of rotatable bonds is 0. The molecule has 5 nitrogen and oxygen atoms in total. The fraction of sp³-hybridized carbons (Fsp3) is 0. The van der Waals surface area contributed by atoms with E-state index in [2.05, 4.69) is 11.1 Å². The molecule has 8 heteroatoms. The summed E-state index contributed by atoms with van der Waals surface area (Å²) in [5, 5.41) is 0. The number of aromatic amines is 1. The Kier molecular flexibility index (Phi) is 3.94. The predicted octanol–water partition coefficient (Wildman–Crippen LogP) is 2.31. The monoisotopic (exact) mass is 265 g/mol. The van der Waals surface area contributed by atoms with Crippen molar-refractivity contribution in [2.75, 3.05) is 0 Å². The van der Waals surface area contributed by atoms with Crippen LogP contribution in [0.3, 0.4) is 0 Å². The maximum Gasteiger partial charge on any atom is 0.394 e. The third kappa shape index (κ3) is 5.00. The molecule has 0 amide bonds. The molecule has 2 aromatic rings. The molecule has 15 heavy (non-hydrogen) atoms. The maximum atomic E-state index is 8.74. The van der Waals surface area contributed by atoms with Crippen molar-refractivity contribution in [2.24, 2.45) is 0 Å². The normalized spacial score (nSPS) is 10.8. The van der Waals surface area contributed by atoms with Gasteiger partial charge in [-0.15, -0.1) is 11.3 Å². The van der Waals surface area contributed by atoms with Crippen LogP contribution in [0.5, 0.6) is 0 Å². The standard InChI is InChI=1S/C7H5NS2.H2O4S/c9-7-8-5-3-1-2-4-6(5)10-7;1-5(2,3)4/h1-4H,(H,8,9);(H2,1,2,3,4). The number of hydrogen-bond donors (Lipinski definition) is 3. The molecule has 0 aliphatic heterocycles. The Morgan fingerprint density at radius 3 is 2.33 bits per heavy atom. The van der Waals surface area contributed by atoms with E-state index >= 15 is 0 Å². The number of para-hydroxylation sites is 1. The van der Waals surface area contributed by atoms with Crippen molar-refractivity contribution >= 4 is 44.2 Å². The van der Waals surface area contributed by atoms with Gasteiger partial charge in [0.15, 0.2) is 3.95 Å². The zero-order valence-electron chi connectivity index (χ0n) is 7.25. The Bertz CT molecular complexity index is 554. The lowest BCUT2D eigenvalue weighted by atomic mass is 10.3. The van der Waals surface area contributed by atoms with Crippen molar-refractivity contribution in [1.29, 1.82) is 0 Å². The van der Waals surface area contributed by atoms with Gasteiger partial charge in [0.1, 0.15) is 0 Å². The first-order valence-electron chi connectivity index (χ1n) is 3.64. The molecule has 82 valence electrons. The zero-order chi connectivity index (χ0) is 11.5. The Balaban J connectivity index is 0.000000195. The second kappa shape index (κ2) is 4.81. The largest absolute Gasteiger partial charge is 0.394 e. The quantitative estimate of drug-likeness (QED) is 0.502. The molecule has 0 aliphatic carbocycles. The highest BCUT2D eigenvalue weighted by molar-refractivity contribution is 7.79. The van der Waals surface area contributed by atoms with E-state index in [-0.39, 0.29) is 0 Å². The van der Waals surface area contributed by atoms with Gasteiger partial charge in [-0.1, -0.05) is 12.1 Å². The smallest absolute Gasteiger partial charge is 0.337 e. The molecule has 0 spiro atoms. The van der Waals surface area contributed by atoms with Gasteiger partial charge in [-0.3, -0.25) is 9.11 Å². The van der Waals surface area contributed by atoms with Crippen molar-refractivity contribution in [2.45, 2.75) is 0 Å². The topological polar surface area (TPSA) is 90.4 Å². The Hall–Kier alpha value is -0.800. The van der Waals surface area contributed by atoms with Crippen LogP contribution in [0.15, 0.2) is 24.3 Å². The third-order valence-corrected chi connectivity index (χ3v) is 2.54. The van der Waals surface area contributed by atoms with Crippen molar-refractivity contribution in [3.63, 3.8) is 0 Å². The van der Waals surface area contributed by atoms with E-state index in [1.807, 2.05) is 18.2 Å². The predicted molar refractivity (Wildman–Crippen MR) is 61.2 cm³/mol. The molecule has 0 unspecified atom stereocenters. The van der Waals surface area contributed by atoms with Gasteiger partial charge in [0.05, 0.1) is 10.2 Å². The summed E-state index contributed by atoms with van der Waals surface area (Å²) in [6.07, 6.45) is 0. The van der Waals surface area contributed by atoms with Gasteiger partial charge in [0, 0.05) is 0 Å². The summed E-state index contributed by atoms with van der Waals surface area (Å²) in [7, 11) is -4.67. The van der Waals surface area contributed by atoms with E-state index in [1.165, 1.54) is 4.70 Å². The van der Waals surface area contributed by atoms with Crippen LogP contribution in [0.25, 0.3) is 10.2 Å². The van der Waals surface area contributed by atoms with Crippen LogP contribution in [-0.4, -0.2) is 22.5 Å². The summed E-state index contributed by atoms with van der Waals surface area (Å²) < 4.78 is 33.7. The van der Waals surface area contributed by atoms with Crippen LogP contribution < -0.4 is 0 Å². The van der Waals surface area contributed by atoms with E-state index in [9.17, 15) is 0 Å². The minimum absolute atomic E-state index is 0.848. The summed E-state index contributed by atoms with van der Waals surface area (Å²) in [5.74, 6) is 0. The molecule has 0 saturated heterocycles. The second-order valence-electron chi connectivity index (χ2n) is 2.46. The summed E-state index contributed by atoms with van der Waals surface area (Å²) in [4.78, 5) is 3.09. The molecule has 0 bridgehead atoms. The zero-order valence-corrected chi connectivity index (χ0v) is 9.69. The average Bonchev–Trinajstić information content (AvgIpc) is 2.40. The molecule has 3 N–H and O–H groups in total. The van der Waals surface area contributed by atoms with Gasteiger partial charge in [-0.05, 0) is 24.4 Å². The highest BCUT2D eigenvalue weighted by Crippen LogP contribution is 2.17. The summed E-state index contributed by atoms with van der Waals surface area (Å²) in [5.41, 5.74) is 1.14. The highest BCUT2D eigenvalue weighted by Gasteiger charge is 1.91. The molecule has 0 aliphatic rings. The summed E-state index contributed by atoms with van der Waals surface area (Å²) >= 11 is 6.59. The summed E-state index contributed by atoms with van der Waals surface area (Å²) in [6.45, 7) is 0. The van der Waals surface area contributed by atoms with Crippen molar-refractivity contribution in [3.05, 3.63) is 28.2 Å². The number of H-pyrrole nitrogens is 1. The fourth-order valence-electron chi connectivity index (χ4n) is 0.894. The van der Waals surface area contributed by atoms with Crippen LogP contribution in [-0.2, 0) is 10.4 Å². The molecular weight excluding hydrogens is 258 g/mol. The van der Waals surface area contributed by atoms with E-state index < -0.39 is 10.4 Å². The number of thiazole rings is 1. The molecule has 2 rings (SSSR count). The average molecular weight is 265 g/mol.